The van der Waals surface area contributed by atoms with Crippen molar-refractivity contribution in [2.24, 2.45) is 0 Å². The monoisotopic (exact) mass is 275 g/mol. The number of rotatable bonds is 7. The van der Waals surface area contributed by atoms with Gasteiger partial charge in [0, 0.05) is 18.5 Å². The average Bonchev–Trinajstić information content (AvgIpc) is 2.89. The van der Waals surface area contributed by atoms with E-state index in [1.807, 2.05) is 18.2 Å². The van der Waals surface area contributed by atoms with E-state index in [1.165, 1.54) is 6.07 Å². The van der Waals surface area contributed by atoms with Crippen LogP contribution in [0.1, 0.15) is 31.6 Å². The fraction of sp³-hybridized carbons (Fsp3) is 0.412. The van der Waals surface area contributed by atoms with E-state index >= 15 is 0 Å². The highest BCUT2D eigenvalue weighted by molar-refractivity contribution is 5.17. The molecule has 108 valence electrons. The van der Waals surface area contributed by atoms with Crippen LogP contribution in [0.5, 0.6) is 0 Å². The van der Waals surface area contributed by atoms with Crippen LogP contribution in [0, 0.1) is 5.82 Å². The first-order chi connectivity index (χ1) is 9.63. The van der Waals surface area contributed by atoms with Crippen LogP contribution < -0.4 is 5.32 Å². The van der Waals surface area contributed by atoms with Crippen LogP contribution in [0.2, 0.25) is 0 Å². The molecule has 1 aromatic carbocycles. The number of hydrogen-bond acceptors (Lipinski definition) is 2. The van der Waals surface area contributed by atoms with Crippen LogP contribution >= 0.6 is 0 Å². The topological polar surface area (TPSA) is 25.2 Å². The van der Waals surface area contributed by atoms with Crippen molar-refractivity contribution in [2.45, 2.75) is 45.2 Å². The van der Waals surface area contributed by atoms with Gasteiger partial charge in [0.1, 0.15) is 11.6 Å². The Balaban J connectivity index is 1.74. The standard InChI is InChI=1S/C17H22FNO/c1-13(8-9-17-7-4-10-20-17)19-14(2)11-15-5-3-6-16(18)12-15/h3-7,10,12-14,19H,8-9,11H2,1-2H3. The van der Waals surface area contributed by atoms with E-state index in [-0.39, 0.29) is 5.82 Å². The fourth-order valence-electron chi connectivity index (χ4n) is 2.46. The number of hydrogen-bond donors (Lipinski definition) is 1. The van der Waals surface area contributed by atoms with E-state index in [2.05, 4.69) is 19.2 Å². The molecule has 20 heavy (non-hydrogen) atoms. The maximum absolute atomic E-state index is 13.1. The van der Waals surface area contributed by atoms with E-state index in [1.54, 1.807) is 18.4 Å². The van der Waals surface area contributed by atoms with E-state index in [0.717, 1.165) is 30.6 Å². The molecule has 0 fully saturated rings. The lowest BCUT2D eigenvalue weighted by molar-refractivity contribution is 0.423. The lowest BCUT2D eigenvalue weighted by atomic mass is 10.0. The first kappa shape index (κ1) is 14.8. The molecule has 1 heterocycles. The zero-order chi connectivity index (χ0) is 14.4. The van der Waals surface area contributed by atoms with Gasteiger partial charge in [0.25, 0.3) is 0 Å². The van der Waals surface area contributed by atoms with Gasteiger partial charge in [0.05, 0.1) is 6.26 Å². The molecule has 3 heteroatoms. The van der Waals surface area contributed by atoms with E-state index in [4.69, 9.17) is 4.42 Å². The molecule has 0 saturated carbocycles. The lowest BCUT2D eigenvalue weighted by Gasteiger charge is -2.20. The Labute approximate surface area is 120 Å². The molecule has 0 spiro atoms. The predicted molar refractivity (Wildman–Crippen MR) is 79.2 cm³/mol. The highest BCUT2D eigenvalue weighted by Crippen LogP contribution is 2.09. The summed E-state index contributed by atoms with van der Waals surface area (Å²) in [5, 5.41) is 3.55. The Hall–Kier alpha value is -1.61. The SMILES string of the molecule is CC(CCc1ccco1)NC(C)Cc1cccc(F)c1. The quantitative estimate of drug-likeness (QED) is 0.827. The molecule has 0 saturated heterocycles. The lowest BCUT2D eigenvalue weighted by Crippen LogP contribution is -2.36. The second-order valence-electron chi connectivity index (χ2n) is 5.42. The van der Waals surface area contributed by atoms with Crippen LogP contribution in [-0.4, -0.2) is 12.1 Å². The van der Waals surface area contributed by atoms with Gasteiger partial charge in [0.2, 0.25) is 0 Å². The van der Waals surface area contributed by atoms with Crippen molar-refractivity contribution in [1.29, 1.82) is 0 Å². The smallest absolute Gasteiger partial charge is 0.123 e. The van der Waals surface area contributed by atoms with Crippen LogP contribution in [-0.2, 0) is 12.8 Å². The summed E-state index contributed by atoms with van der Waals surface area (Å²) in [6, 6.07) is 11.5. The van der Waals surface area contributed by atoms with E-state index < -0.39 is 0 Å². The summed E-state index contributed by atoms with van der Waals surface area (Å²) in [7, 11) is 0. The molecule has 2 nitrogen and oxygen atoms in total. The molecule has 2 atom stereocenters. The highest BCUT2D eigenvalue weighted by Gasteiger charge is 2.09. The molecule has 0 aliphatic heterocycles. The Morgan fingerprint density at radius 2 is 2.00 bits per heavy atom. The summed E-state index contributed by atoms with van der Waals surface area (Å²) in [6.45, 7) is 4.30. The Morgan fingerprint density at radius 1 is 1.15 bits per heavy atom. The van der Waals surface area contributed by atoms with Crippen molar-refractivity contribution >= 4 is 0 Å². The zero-order valence-corrected chi connectivity index (χ0v) is 12.1. The molecule has 1 aromatic heterocycles. The summed E-state index contributed by atoms with van der Waals surface area (Å²) in [5.74, 6) is 0.858. The van der Waals surface area contributed by atoms with Crippen molar-refractivity contribution in [2.75, 3.05) is 0 Å². The Morgan fingerprint density at radius 3 is 2.70 bits per heavy atom. The van der Waals surface area contributed by atoms with Crippen molar-refractivity contribution in [3.8, 4) is 0 Å². The molecule has 0 radical (unpaired) electrons. The van der Waals surface area contributed by atoms with Gasteiger partial charge in [-0.1, -0.05) is 12.1 Å². The number of furan rings is 1. The molecule has 0 bridgehead atoms. The van der Waals surface area contributed by atoms with Crippen molar-refractivity contribution in [3.05, 3.63) is 59.8 Å². The summed E-state index contributed by atoms with van der Waals surface area (Å²) >= 11 is 0. The fourth-order valence-corrected chi connectivity index (χ4v) is 2.46. The summed E-state index contributed by atoms with van der Waals surface area (Å²) < 4.78 is 18.5. The minimum absolute atomic E-state index is 0.166. The van der Waals surface area contributed by atoms with Gasteiger partial charge in [0.15, 0.2) is 0 Å². The molecule has 0 aliphatic rings. The summed E-state index contributed by atoms with van der Waals surface area (Å²) in [6.07, 6.45) is 4.51. The third-order valence-corrected chi connectivity index (χ3v) is 3.40. The van der Waals surface area contributed by atoms with E-state index in [0.29, 0.717) is 12.1 Å². The third-order valence-electron chi connectivity index (χ3n) is 3.40. The Bertz CT molecular complexity index is 509. The summed E-state index contributed by atoms with van der Waals surface area (Å²) in [4.78, 5) is 0. The zero-order valence-electron chi connectivity index (χ0n) is 12.1. The van der Waals surface area contributed by atoms with Gasteiger partial charge in [-0.2, -0.15) is 0 Å². The molecular weight excluding hydrogens is 253 g/mol. The Kier molecular flexibility index (Phi) is 5.36. The van der Waals surface area contributed by atoms with Crippen molar-refractivity contribution in [1.82, 2.24) is 5.32 Å². The number of nitrogens with one attached hydrogen (secondary N) is 1. The minimum Gasteiger partial charge on any atom is -0.469 e. The molecule has 1 N–H and O–H groups in total. The first-order valence-corrected chi connectivity index (χ1v) is 7.16. The van der Waals surface area contributed by atoms with Gasteiger partial charge in [-0.05, 0) is 56.5 Å². The van der Waals surface area contributed by atoms with Crippen LogP contribution in [0.15, 0.2) is 47.1 Å². The summed E-state index contributed by atoms with van der Waals surface area (Å²) in [5.41, 5.74) is 1.03. The maximum Gasteiger partial charge on any atom is 0.123 e. The van der Waals surface area contributed by atoms with Crippen LogP contribution in [0.4, 0.5) is 4.39 Å². The maximum atomic E-state index is 13.1. The van der Waals surface area contributed by atoms with Gasteiger partial charge < -0.3 is 9.73 Å². The van der Waals surface area contributed by atoms with E-state index in [9.17, 15) is 4.39 Å². The highest BCUT2D eigenvalue weighted by atomic mass is 19.1. The second-order valence-corrected chi connectivity index (χ2v) is 5.42. The average molecular weight is 275 g/mol. The van der Waals surface area contributed by atoms with Crippen molar-refractivity contribution < 1.29 is 8.81 Å². The van der Waals surface area contributed by atoms with Crippen molar-refractivity contribution in [3.63, 3.8) is 0 Å². The number of halogens is 1. The number of benzene rings is 1. The third kappa shape index (κ3) is 4.82. The molecule has 2 unspecified atom stereocenters. The minimum atomic E-state index is -0.166. The normalized spacial score (nSPS) is 14.2. The molecule has 2 rings (SSSR count). The predicted octanol–water partition coefficient (Wildman–Crippen LogP) is 3.96. The van der Waals surface area contributed by atoms with Crippen LogP contribution in [0.25, 0.3) is 0 Å². The van der Waals surface area contributed by atoms with Gasteiger partial charge in [-0.3, -0.25) is 0 Å². The van der Waals surface area contributed by atoms with Gasteiger partial charge in [-0.15, -0.1) is 0 Å². The van der Waals surface area contributed by atoms with Gasteiger partial charge in [-0.25, -0.2) is 4.39 Å². The molecule has 0 amide bonds. The van der Waals surface area contributed by atoms with Gasteiger partial charge >= 0.3 is 0 Å². The number of aryl methyl sites for hydroxylation is 1. The molecule has 2 aromatic rings. The first-order valence-electron chi connectivity index (χ1n) is 7.16. The second kappa shape index (κ2) is 7.25. The molecule has 0 aliphatic carbocycles. The molecular formula is C17H22FNO. The van der Waals surface area contributed by atoms with Crippen LogP contribution in [0.3, 0.4) is 0 Å². The largest absolute Gasteiger partial charge is 0.469 e.